The summed E-state index contributed by atoms with van der Waals surface area (Å²) in [5.41, 5.74) is 0.665. The summed E-state index contributed by atoms with van der Waals surface area (Å²) in [7, 11) is -1.73. The van der Waals surface area contributed by atoms with E-state index in [0.717, 1.165) is 5.56 Å². The Labute approximate surface area is 133 Å². The van der Waals surface area contributed by atoms with E-state index in [1.165, 1.54) is 6.07 Å². The van der Waals surface area contributed by atoms with E-state index in [-0.39, 0.29) is 10.3 Å². The normalized spacial score (nSPS) is 12.9. The molecule has 6 heteroatoms. The quantitative estimate of drug-likeness (QED) is 0.807. The zero-order chi connectivity index (χ0) is 16.3. The average molecular weight is 333 g/mol. The Balaban J connectivity index is 2.96. The number of sulfonamides is 1. The van der Waals surface area contributed by atoms with Crippen molar-refractivity contribution in [1.82, 2.24) is 10.0 Å². The monoisotopic (exact) mass is 332 g/mol. The van der Waals surface area contributed by atoms with E-state index in [9.17, 15) is 8.42 Å². The first-order valence-corrected chi connectivity index (χ1v) is 8.89. The fourth-order valence-corrected chi connectivity index (χ4v) is 3.07. The van der Waals surface area contributed by atoms with Crippen molar-refractivity contribution in [2.75, 3.05) is 13.6 Å². The zero-order valence-corrected chi connectivity index (χ0v) is 14.9. The molecule has 2 N–H and O–H groups in total. The minimum Gasteiger partial charge on any atom is -0.316 e. The minimum absolute atomic E-state index is 0.104. The van der Waals surface area contributed by atoms with Crippen LogP contribution in [0.5, 0.6) is 0 Å². The summed E-state index contributed by atoms with van der Waals surface area (Å²) >= 11 is 6.06. The second kappa shape index (κ2) is 7.09. The molecule has 0 aliphatic rings. The number of benzene rings is 1. The van der Waals surface area contributed by atoms with Crippen molar-refractivity contribution < 1.29 is 8.42 Å². The fraction of sp³-hybridized carbons (Fsp3) is 0.600. The highest BCUT2D eigenvalue weighted by Gasteiger charge is 2.25. The van der Waals surface area contributed by atoms with Crippen LogP contribution in [0.25, 0.3) is 0 Å². The lowest BCUT2D eigenvalue weighted by molar-refractivity contribution is 0.252. The van der Waals surface area contributed by atoms with Crippen molar-refractivity contribution in [3.8, 4) is 0 Å². The molecule has 21 heavy (non-hydrogen) atoms. The Morgan fingerprint density at radius 1 is 1.29 bits per heavy atom. The minimum atomic E-state index is -3.52. The Morgan fingerprint density at radius 2 is 1.90 bits per heavy atom. The molecule has 0 atom stereocenters. The van der Waals surface area contributed by atoms with Crippen molar-refractivity contribution in [1.29, 1.82) is 0 Å². The van der Waals surface area contributed by atoms with Crippen molar-refractivity contribution in [3.63, 3.8) is 0 Å². The summed E-state index contributed by atoms with van der Waals surface area (Å²) in [6.07, 6.45) is 0. The van der Waals surface area contributed by atoms with Gasteiger partial charge < -0.3 is 5.32 Å². The van der Waals surface area contributed by atoms with Crippen LogP contribution in [0, 0.1) is 11.3 Å². The Morgan fingerprint density at radius 3 is 2.43 bits per heavy atom. The van der Waals surface area contributed by atoms with Gasteiger partial charge in [0.25, 0.3) is 0 Å². The molecule has 0 saturated heterocycles. The second-order valence-corrected chi connectivity index (χ2v) is 8.43. The number of nitrogens with one attached hydrogen (secondary N) is 2. The highest BCUT2D eigenvalue weighted by atomic mass is 35.5. The molecule has 1 rings (SSSR count). The standard InChI is InChI=1S/C15H25ClN2O2S/c1-11(2)15(3,4)10-18-21(19,20)13-6-7-14(16)12(8-13)9-17-5/h6-8,11,17-18H,9-10H2,1-5H3. The van der Waals surface area contributed by atoms with Crippen LogP contribution in [0.15, 0.2) is 23.1 Å². The summed E-state index contributed by atoms with van der Waals surface area (Å²) in [4.78, 5) is 0.247. The molecule has 0 amide bonds. The van der Waals surface area contributed by atoms with E-state index >= 15 is 0 Å². The second-order valence-electron chi connectivity index (χ2n) is 6.25. The molecule has 0 radical (unpaired) electrons. The maximum Gasteiger partial charge on any atom is 0.240 e. The third-order valence-corrected chi connectivity index (χ3v) is 5.74. The van der Waals surface area contributed by atoms with Crippen LogP contribution in [-0.2, 0) is 16.6 Å². The van der Waals surface area contributed by atoms with Crippen LogP contribution < -0.4 is 10.0 Å². The largest absolute Gasteiger partial charge is 0.316 e. The van der Waals surface area contributed by atoms with Gasteiger partial charge >= 0.3 is 0 Å². The van der Waals surface area contributed by atoms with Gasteiger partial charge in [0.05, 0.1) is 4.90 Å². The predicted octanol–water partition coefficient (Wildman–Crippen LogP) is 3.02. The Kier molecular flexibility index (Phi) is 6.23. The van der Waals surface area contributed by atoms with Crippen molar-refractivity contribution in [3.05, 3.63) is 28.8 Å². The molecule has 1 aromatic carbocycles. The molecule has 0 aromatic heterocycles. The van der Waals surface area contributed by atoms with Crippen molar-refractivity contribution in [2.45, 2.75) is 39.1 Å². The lowest BCUT2D eigenvalue weighted by Crippen LogP contribution is -2.37. The smallest absolute Gasteiger partial charge is 0.240 e. The maximum absolute atomic E-state index is 12.4. The number of halogens is 1. The maximum atomic E-state index is 12.4. The van der Waals surface area contributed by atoms with Crippen LogP contribution in [-0.4, -0.2) is 22.0 Å². The van der Waals surface area contributed by atoms with Gasteiger partial charge in [-0.05, 0) is 42.1 Å². The number of rotatable bonds is 7. The van der Waals surface area contributed by atoms with Crippen molar-refractivity contribution in [2.24, 2.45) is 11.3 Å². The van der Waals surface area contributed by atoms with E-state index < -0.39 is 10.0 Å². The van der Waals surface area contributed by atoms with Gasteiger partial charge in [0.15, 0.2) is 0 Å². The molecule has 4 nitrogen and oxygen atoms in total. The molecule has 0 spiro atoms. The van der Waals surface area contributed by atoms with Gasteiger partial charge in [-0.3, -0.25) is 0 Å². The number of hydrogen-bond acceptors (Lipinski definition) is 3. The van der Waals surface area contributed by atoms with E-state index in [0.29, 0.717) is 24.0 Å². The van der Waals surface area contributed by atoms with Crippen LogP contribution in [0.4, 0.5) is 0 Å². The topological polar surface area (TPSA) is 58.2 Å². The highest BCUT2D eigenvalue weighted by molar-refractivity contribution is 7.89. The zero-order valence-electron chi connectivity index (χ0n) is 13.3. The lowest BCUT2D eigenvalue weighted by Gasteiger charge is -2.29. The fourth-order valence-electron chi connectivity index (χ4n) is 1.61. The van der Waals surface area contributed by atoms with Gasteiger partial charge in [-0.2, -0.15) is 0 Å². The number of hydrogen-bond donors (Lipinski definition) is 2. The van der Waals surface area contributed by atoms with Gasteiger partial charge in [0.2, 0.25) is 10.0 Å². The SMILES string of the molecule is CNCc1cc(S(=O)(=O)NCC(C)(C)C(C)C)ccc1Cl. The third-order valence-electron chi connectivity index (χ3n) is 3.98. The molecule has 0 bridgehead atoms. The van der Waals surface area contributed by atoms with E-state index in [1.54, 1.807) is 19.2 Å². The lowest BCUT2D eigenvalue weighted by atomic mass is 9.81. The first-order valence-electron chi connectivity index (χ1n) is 7.03. The molecule has 0 heterocycles. The summed E-state index contributed by atoms with van der Waals surface area (Å²) in [5, 5.41) is 3.54. The molecular formula is C15H25ClN2O2S. The van der Waals surface area contributed by atoms with Crippen molar-refractivity contribution >= 4 is 21.6 Å². The Hall–Kier alpha value is -0.620. The summed E-state index contributed by atoms with van der Waals surface area (Å²) in [6, 6.07) is 4.77. The summed E-state index contributed by atoms with van der Waals surface area (Å²) in [5.74, 6) is 0.380. The van der Waals surface area contributed by atoms with Crippen LogP contribution in [0.2, 0.25) is 5.02 Å². The molecule has 0 aliphatic heterocycles. The summed E-state index contributed by atoms with van der Waals surface area (Å²) < 4.78 is 27.5. The third kappa shape index (κ3) is 4.95. The average Bonchev–Trinajstić information content (AvgIpc) is 2.39. The molecule has 120 valence electrons. The molecule has 0 aliphatic carbocycles. The van der Waals surface area contributed by atoms with Gasteiger partial charge in [0.1, 0.15) is 0 Å². The first kappa shape index (κ1) is 18.4. The van der Waals surface area contributed by atoms with E-state index in [4.69, 9.17) is 11.6 Å². The van der Waals surface area contributed by atoms with Crippen LogP contribution in [0.1, 0.15) is 33.3 Å². The molecule has 0 fully saturated rings. The van der Waals surface area contributed by atoms with E-state index in [2.05, 4.69) is 37.7 Å². The van der Waals surface area contributed by atoms with Gasteiger partial charge in [-0.25, -0.2) is 13.1 Å². The molecular weight excluding hydrogens is 308 g/mol. The van der Waals surface area contributed by atoms with Gasteiger partial charge in [-0.1, -0.05) is 39.3 Å². The van der Waals surface area contributed by atoms with Gasteiger partial charge in [-0.15, -0.1) is 0 Å². The van der Waals surface area contributed by atoms with Gasteiger partial charge in [0, 0.05) is 18.1 Å². The Bertz CT molecular complexity index is 583. The first-order chi connectivity index (χ1) is 9.60. The van der Waals surface area contributed by atoms with Crippen LogP contribution >= 0.6 is 11.6 Å². The van der Waals surface area contributed by atoms with E-state index in [1.807, 2.05) is 0 Å². The molecule has 1 aromatic rings. The van der Waals surface area contributed by atoms with Crippen LogP contribution in [0.3, 0.4) is 0 Å². The highest BCUT2D eigenvalue weighted by Crippen LogP contribution is 2.26. The molecule has 0 unspecified atom stereocenters. The summed E-state index contributed by atoms with van der Waals surface area (Å²) in [6.45, 7) is 9.20. The predicted molar refractivity (Wildman–Crippen MR) is 88.0 cm³/mol. The molecule has 0 saturated carbocycles.